The lowest BCUT2D eigenvalue weighted by Gasteiger charge is -2.39. The Labute approximate surface area is 130 Å². The molecule has 2 aliphatic rings. The summed E-state index contributed by atoms with van der Waals surface area (Å²) in [4.78, 5) is 2.47. The van der Waals surface area contributed by atoms with E-state index in [9.17, 15) is 0 Å². The highest BCUT2D eigenvalue weighted by atomic mass is 35.5. The Kier molecular flexibility index (Phi) is 3.07. The smallest absolute Gasteiger partial charge is 0.150 e. The zero-order valence-corrected chi connectivity index (χ0v) is 12.8. The highest BCUT2D eigenvalue weighted by Crippen LogP contribution is 2.48. The topological polar surface area (TPSA) is 12.5 Å². The van der Waals surface area contributed by atoms with Crippen LogP contribution >= 0.6 is 11.6 Å². The van der Waals surface area contributed by atoms with Crippen molar-refractivity contribution in [2.75, 3.05) is 11.4 Å². The van der Waals surface area contributed by atoms with Gasteiger partial charge in [-0.3, -0.25) is 0 Å². The molecule has 108 valence electrons. The van der Waals surface area contributed by atoms with Gasteiger partial charge in [0.2, 0.25) is 0 Å². The summed E-state index contributed by atoms with van der Waals surface area (Å²) in [6, 6.07) is 14.7. The fourth-order valence-corrected chi connectivity index (χ4v) is 3.66. The summed E-state index contributed by atoms with van der Waals surface area (Å²) in [5.74, 6) is 2.62. The predicted octanol–water partition coefficient (Wildman–Crippen LogP) is 5.42. The van der Waals surface area contributed by atoms with Gasteiger partial charge in [0.25, 0.3) is 0 Å². The van der Waals surface area contributed by atoms with Crippen LogP contribution in [0.2, 0.25) is 5.02 Å². The van der Waals surface area contributed by atoms with E-state index in [-0.39, 0.29) is 0 Å². The van der Waals surface area contributed by atoms with E-state index in [1.807, 2.05) is 24.3 Å². The molecule has 0 N–H and O–H groups in total. The normalized spacial score (nSPS) is 23.4. The second-order valence-corrected chi connectivity index (χ2v) is 6.53. The van der Waals surface area contributed by atoms with Crippen LogP contribution in [0, 0.1) is 5.92 Å². The molecule has 0 radical (unpaired) electrons. The monoisotopic (exact) mass is 299 g/mol. The molecule has 0 saturated carbocycles. The lowest BCUT2D eigenvalue weighted by molar-refractivity contribution is 0.369. The molecular formula is C18H18ClNO. The average Bonchev–Trinajstić information content (AvgIpc) is 2.62. The SMILES string of the molecule is CC1CCN2c3cc(Cl)ccc3Oc3ccccc3C2C1. The van der Waals surface area contributed by atoms with E-state index in [1.165, 1.54) is 12.0 Å². The van der Waals surface area contributed by atoms with E-state index in [4.69, 9.17) is 16.3 Å². The van der Waals surface area contributed by atoms with Gasteiger partial charge in [0.15, 0.2) is 5.75 Å². The van der Waals surface area contributed by atoms with E-state index in [0.29, 0.717) is 6.04 Å². The van der Waals surface area contributed by atoms with E-state index in [0.717, 1.165) is 41.1 Å². The second kappa shape index (κ2) is 4.96. The van der Waals surface area contributed by atoms with Crippen LogP contribution in [0.5, 0.6) is 11.5 Å². The van der Waals surface area contributed by atoms with Crippen molar-refractivity contribution in [2.45, 2.75) is 25.8 Å². The molecule has 0 amide bonds. The maximum absolute atomic E-state index is 6.22. The molecule has 3 heteroatoms. The number of hydrogen-bond acceptors (Lipinski definition) is 2. The van der Waals surface area contributed by atoms with Crippen molar-refractivity contribution >= 4 is 17.3 Å². The maximum Gasteiger partial charge on any atom is 0.150 e. The van der Waals surface area contributed by atoms with E-state index >= 15 is 0 Å². The molecule has 0 spiro atoms. The lowest BCUT2D eigenvalue weighted by atomic mass is 9.88. The van der Waals surface area contributed by atoms with Gasteiger partial charge in [-0.2, -0.15) is 0 Å². The first-order valence-corrected chi connectivity index (χ1v) is 7.93. The minimum absolute atomic E-state index is 0.379. The Morgan fingerprint density at radius 1 is 1.14 bits per heavy atom. The molecular weight excluding hydrogens is 282 g/mol. The Bertz CT molecular complexity index is 685. The quantitative estimate of drug-likeness (QED) is 0.643. The minimum atomic E-state index is 0.379. The van der Waals surface area contributed by atoms with Gasteiger partial charge in [-0.05, 0) is 43.0 Å². The number of para-hydroxylation sites is 1. The summed E-state index contributed by atoms with van der Waals surface area (Å²) in [5, 5.41) is 0.765. The highest BCUT2D eigenvalue weighted by Gasteiger charge is 2.33. The second-order valence-electron chi connectivity index (χ2n) is 6.09. The number of hydrogen-bond donors (Lipinski definition) is 0. The molecule has 2 aromatic rings. The number of anilines is 1. The number of piperidine rings is 1. The number of nitrogens with zero attached hydrogens (tertiary/aromatic N) is 1. The summed E-state index contributed by atoms with van der Waals surface area (Å²) in [6.07, 6.45) is 2.37. The molecule has 2 atom stereocenters. The Morgan fingerprint density at radius 3 is 2.90 bits per heavy atom. The Hall–Kier alpha value is -1.67. The van der Waals surface area contributed by atoms with Crippen molar-refractivity contribution in [2.24, 2.45) is 5.92 Å². The van der Waals surface area contributed by atoms with Crippen LogP contribution in [-0.4, -0.2) is 6.54 Å². The third kappa shape index (κ3) is 2.18. The van der Waals surface area contributed by atoms with Gasteiger partial charge < -0.3 is 9.64 Å². The fraction of sp³-hybridized carbons (Fsp3) is 0.333. The van der Waals surface area contributed by atoms with Gasteiger partial charge in [-0.15, -0.1) is 0 Å². The van der Waals surface area contributed by atoms with Gasteiger partial charge in [0.05, 0.1) is 11.7 Å². The van der Waals surface area contributed by atoms with Crippen molar-refractivity contribution in [1.29, 1.82) is 0 Å². The summed E-state index contributed by atoms with van der Waals surface area (Å²) in [6.45, 7) is 3.39. The van der Waals surface area contributed by atoms with Gasteiger partial charge in [-0.1, -0.05) is 36.7 Å². The van der Waals surface area contributed by atoms with Gasteiger partial charge in [0.1, 0.15) is 5.75 Å². The van der Waals surface area contributed by atoms with Crippen LogP contribution in [-0.2, 0) is 0 Å². The van der Waals surface area contributed by atoms with Crippen molar-refractivity contribution in [3.63, 3.8) is 0 Å². The molecule has 0 bridgehead atoms. The molecule has 4 rings (SSSR count). The summed E-state index contributed by atoms with van der Waals surface area (Å²) in [5.41, 5.74) is 2.41. The van der Waals surface area contributed by atoms with E-state index in [1.54, 1.807) is 0 Å². The largest absolute Gasteiger partial charge is 0.455 e. The zero-order valence-electron chi connectivity index (χ0n) is 12.1. The summed E-state index contributed by atoms with van der Waals surface area (Å²) < 4.78 is 6.18. The average molecular weight is 300 g/mol. The molecule has 0 aliphatic carbocycles. The molecule has 1 fully saturated rings. The van der Waals surface area contributed by atoms with Crippen LogP contribution in [0.25, 0.3) is 0 Å². The molecule has 2 heterocycles. The standard InChI is InChI=1S/C18H18ClNO/c1-12-8-9-20-15(10-12)14-4-2-3-5-17(14)21-18-7-6-13(19)11-16(18)20/h2-7,11-12,15H,8-10H2,1H3. The third-order valence-electron chi connectivity index (χ3n) is 4.59. The molecule has 2 unspecified atom stereocenters. The molecule has 2 nitrogen and oxygen atoms in total. The maximum atomic E-state index is 6.22. The van der Waals surface area contributed by atoms with Crippen molar-refractivity contribution < 1.29 is 4.74 Å². The van der Waals surface area contributed by atoms with Gasteiger partial charge in [0, 0.05) is 17.1 Å². The number of fused-ring (bicyclic) bond motifs is 5. The van der Waals surface area contributed by atoms with Crippen LogP contribution in [0.4, 0.5) is 5.69 Å². The van der Waals surface area contributed by atoms with Crippen molar-refractivity contribution in [3.05, 3.63) is 53.1 Å². The van der Waals surface area contributed by atoms with Crippen molar-refractivity contribution in [3.8, 4) is 11.5 Å². The van der Waals surface area contributed by atoms with E-state index in [2.05, 4.69) is 30.0 Å². The van der Waals surface area contributed by atoms with E-state index < -0.39 is 0 Å². The van der Waals surface area contributed by atoms with Gasteiger partial charge >= 0.3 is 0 Å². The number of halogens is 1. The predicted molar refractivity (Wildman–Crippen MR) is 86.5 cm³/mol. The lowest BCUT2D eigenvalue weighted by Crippen LogP contribution is -2.35. The highest BCUT2D eigenvalue weighted by molar-refractivity contribution is 6.31. The Morgan fingerprint density at radius 2 is 2.00 bits per heavy atom. The molecule has 2 aromatic carbocycles. The first-order valence-electron chi connectivity index (χ1n) is 7.55. The van der Waals surface area contributed by atoms with Gasteiger partial charge in [-0.25, -0.2) is 0 Å². The number of rotatable bonds is 0. The number of ether oxygens (including phenoxy) is 1. The number of benzene rings is 2. The molecule has 21 heavy (non-hydrogen) atoms. The summed E-state index contributed by atoms with van der Waals surface area (Å²) in [7, 11) is 0. The molecule has 2 aliphatic heterocycles. The fourth-order valence-electron chi connectivity index (χ4n) is 3.49. The van der Waals surface area contributed by atoms with Crippen LogP contribution in [0.1, 0.15) is 31.4 Å². The van der Waals surface area contributed by atoms with Crippen LogP contribution < -0.4 is 9.64 Å². The third-order valence-corrected chi connectivity index (χ3v) is 4.83. The van der Waals surface area contributed by atoms with Crippen molar-refractivity contribution in [1.82, 2.24) is 0 Å². The first-order chi connectivity index (χ1) is 10.2. The Balaban J connectivity index is 1.91. The van der Waals surface area contributed by atoms with Crippen LogP contribution in [0.15, 0.2) is 42.5 Å². The summed E-state index contributed by atoms with van der Waals surface area (Å²) >= 11 is 6.22. The minimum Gasteiger partial charge on any atom is -0.455 e. The van der Waals surface area contributed by atoms with Crippen LogP contribution in [0.3, 0.4) is 0 Å². The molecule has 1 saturated heterocycles. The first kappa shape index (κ1) is 13.0. The molecule has 0 aromatic heterocycles. The zero-order chi connectivity index (χ0) is 14.4.